The van der Waals surface area contributed by atoms with Crippen LogP contribution in [-0.2, 0) is 6.54 Å². The maximum atomic E-state index is 13.0. The zero-order valence-electron chi connectivity index (χ0n) is 10.9. The summed E-state index contributed by atoms with van der Waals surface area (Å²) in [6.45, 7) is 0.332. The average Bonchev–Trinajstić information content (AvgIpc) is 2.45. The fourth-order valence-electron chi connectivity index (χ4n) is 1.79. The van der Waals surface area contributed by atoms with Gasteiger partial charge in [-0.25, -0.2) is 4.39 Å². The lowest BCUT2D eigenvalue weighted by molar-refractivity contribution is 0.0950. The number of hydrogen-bond donors (Lipinski definition) is 2. The van der Waals surface area contributed by atoms with Gasteiger partial charge in [0.15, 0.2) is 0 Å². The molecule has 0 aromatic heterocycles. The van der Waals surface area contributed by atoms with Crippen LogP contribution in [0.3, 0.4) is 0 Å². The number of nitrogens with two attached hydrogens (primary N) is 1. The SMILES string of the molecule is NC(=S)c1cccc(CNC(=O)c2ccc(F)cc2Br)c1. The number of thiocarbonyl (C=S) groups is 1. The summed E-state index contributed by atoms with van der Waals surface area (Å²) in [6.07, 6.45) is 0. The van der Waals surface area contributed by atoms with Crippen LogP contribution in [0.15, 0.2) is 46.9 Å². The second-order valence-electron chi connectivity index (χ2n) is 4.37. The van der Waals surface area contributed by atoms with Gasteiger partial charge in [0.05, 0.1) is 5.56 Å². The standard InChI is InChI=1S/C15H12BrFN2OS/c16-13-7-11(17)4-5-12(13)15(20)19-8-9-2-1-3-10(6-9)14(18)21/h1-7H,8H2,(H2,18,21)(H,19,20). The minimum Gasteiger partial charge on any atom is -0.389 e. The molecule has 0 fully saturated rings. The normalized spacial score (nSPS) is 10.2. The molecule has 2 aromatic carbocycles. The van der Waals surface area contributed by atoms with E-state index in [-0.39, 0.29) is 5.91 Å². The quantitative estimate of drug-likeness (QED) is 0.817. The fourth-order valence-corrected chi connectivity index (χ4v) is 2.44. The van der Waals surface area contributed by atoms with E-state index < -0.39 is 5.82 Å². The van der Waals surface area contributed by atoms with Crippen LogP contribution in [0.1, 0.15) is 21.5 Å². The van der Waals surface area contributed by atoms with Crippen molar-refractivity contribution >= 4 is 39.0 Å². The van der Waals surface area contributed by atoms with Crippen molar-refractivity contribution in [3.8, 4) is 0 Å². The molecular formula is C15H12BrFN2OS. The van der Waals surface area contributed by atoms with E-state index in [1.165, 1.54) is 18.2 Å². The van der Waals surface area contributed by atoms with Crippen molar-refractivity contribution in [2.45, 2.75) is 6.54 Å². The Labute approximate surface area is 135 Å². The molecule has 0 radical (unpaired) electrons. The molecule has 21 heavy (non-hydrogen) atoms. The molecule has 6 heteroatoms. The summed E-state index contributed by atoms with van der Waals surface area (Å²) in [5.41, 5.74) is 7.57. The molecule has 0 saturated carbocycles. The number of halogens is 2. The monoisotopic (exact) mass is 366 g/mol. The fraction of sp³-hybridized carbons (Fsp3) is 0.0667. The van der Waals surface area contributed by atoms with Gasteiger partial charge in [-0.15, -0.1) is 0 Å². The molecule has 0 bridgehead atoms. The van der Waals surface area contributed by atoms with Crippen molar-refractivity contribution in [1.82, 2.24) is 5.32 Å². The number of rotatable bonds is 4. The van der Waals surface area contributed by atoms with Crippen LogP contribution in [0.5, 0.6) is 0 Å². The number of carbonyl (C=O) groups is 1. The summed E-state index contributed by atoms with van der Waals surface area (Å²) < 4.78 is 13.4. The zero-order valence-corrected chi connectivity index (χ0v) is 13.3. The minimum absolute atomic E-state index is 0.289. The Balaban J connectivity index is 2.07. The van der Waals surface area contributed by atoms with Crippen molar-refractivity contribution in [1.29, 1.82) is 0 Å². The summed E-state index contributed by atoms with van der Waals surface area (Å²) >= 11 is 8.08. The van der Waals surface area contributed by atoms with Crippen LogP contribution in [0.2, 0.25) is 0 Å². The Hall–Kier alpha value is -1.79. The van der Waals surface area contributed by atoms with Crippen LogP contribution in [0.4, 0.5) is 4.39 Å². The molecule has 108 valence electrons. The molecule has 0 unspecified atom stereocenters. The molecule has 1 amide bonds. The Morgan fingerprint density at radius 1 is 1.29 bits per heavy atom. The lowest BCUT2D eigenvalue weighted by atomic mass is 10.1. The van der Waals surface area contributed by atoms with Gasteiger partial charge >= 0.3 is 0 Å². The van der Waals surface area contributed by atoms with E-state index in [1.54, 1.807) is 0 Å². The van der Waals surface area contributed by atoms with E-state index in [0.29, 0.717) is 21.6 Å². The Morgan fingerprint density at radius 2 is 2.05 bits per heavy atom. The first-order valence-electron chi connectivity index (χ1n) is 6.09. The number of carbonyl (C=O) groups excluding carboxylic acids is 1. The Kier molecular flexibility index (Phi) is 5.03. The van der Waals surface area contributed by atoms with E-state index in [0.717, 1.165) is 11.1 Å². The van der Waals surface area contributed by atoms with Crippen LogP contribution in [0.25, 0.3) is 0 Å². The van der Waals surface area contributed by atoms with Gasteiger partial charge in [0, 0.05) is 16.6 Å². The molecule has 0 aliphatic carbocycles. The molecule has 0 saturated heterocycles. The van der Waals surface area contributed by atoms with E-state index in [2.05, 4.69) is 21.2 Å². The van der Waals surface area contributed by atoms with Gasteiger partial charge < -0.3 is 11.1 Å². The third-order valence-electron chi connectivity index (χ3n) is 2.84. The van der Waals surface area contributed by atoms with Crippen molar-refractivity contribution in [2.24, 2.45) is 5.73 Å². The molecule has 0 atom stereocenters. The number of nitrogens with one attached hydrogen (secondary N) is 1. The summed E-state index contributed by atoms with van der Waals surface area (Å²) in [5.74, 6) is -0.690. The number of benzene rings is 2. The van der Waals surface area contributed by atoms with Gasteiger partial charge in [-0.2, -0.15) is 0 Å². The van der Waals surface area contributed by atoms with Crippen LogP contribution < -0.4 is 11.1 Å². The second kappa shape index (κ2) is 6.78. The first-order chi connectivity index (χ1) is 9.97. The highest BCUT2D eigenvalue weighted by molar-refractivity contribution is 9.10. The van der Waals surface area contributed by atoms with E-state index in [1.807, 2.05) is 24.3 Å². The number of hydrogen-bond acceptors (Lipinski definition) is 2. The Bertz CT molecular complexity index is 706. The van der Waals surface area contributed by atoms with E-state index in [4.69, 9.17) is 18.0 Å². The van der Waals surface area contributed by atoms with Crippen molar-refractivity contribution in [2.75, 3.05) is 0 Å². The van der Waals surface area contributed by atoms with Gasteiger partial charge in [-0.1, -0.05) is 30.4 Å². The van der Waals surface area contributed by atoms with Gasteiger partial charge in [-0.3, -0.25) is 4.79 Å². The van der Waals surface area contributed by atoms with Gasteiger partial charge in [0.1, 0.15) is 10.8 Å². The minimum atomic E-state index is -0.400. The lowest BCUT2D eigenvalue weighted by Gasteiger charge is -2.08. The van der Waals surface area contributed by atoms with Crippen LogP contribution in [-0.4, -0.2) is 10.9 Å². The van der Waals surface area contributed by atoms with Gasteiger partial charge in [-0.05, 0) is 45.8 Å². The molecular weight excluding hydrogens is 355 g/mol. The number of amides is 1. The van der Waals surface area contributed by atoms with Crippen LogP contribution in [0, 0.1) is 5.82 Å². The second-order valence-corrected chi connectivity index (χ2v) is 5.67. The summed E-state index contributed by atoms with van der Waals surface area (Å²) in [6, 6.07) is 11.2. The van der Waals surface area contributed by atoms with E-state index >= 15 is 0 Å². The first kappa shape index (κ1) is 15.6. The van der Waals surface area contributed by atoms with Crippen molar-refractivity contribution in [3.05, 3.63) is 69.4 Å². The summed E-state index contributed by atoms with van der Waals surface area (Å²) in [4.78, 5) is 12.4. The average molecular weight is 367 g/mol. The predicted octanol–water partition coefficient (Wildman–Crippen LogP) is 3.15. The predicted molar refractivity (Wildman–Crippen MR) is 87.6 cm³/mol. The summed E-state index contributed by atoms with van der Waals surface area (Å²) in [7, 11) is 0. The lowest BCUT2D eigenvalue weighted by Crippen LogP contribution is -2.23. The highest BCUT2D eigenvalue weighted by atomic mass is 79.9. The maximum Gasteiger partial charge on any atom is 0.252 e. The Morgan fingerprint density at radius 3 is 2.71 bits per heavy atom. The molecule has 0 aliphatic heterocycles. The van der Waals surface area contributed by atoms with Crippen molar-refractivity contribution in [3.63, 3.8) is 0 Å². The highest BCUT2D eigenvalue weighted by Gasteiger charge is 2.10. The molecule has 3 N–H and O–H groups in total. The smallest absolute Gasteiger partial charge is 0.252 e. The first-order valence-corrected chi connectivity index (χ1v) is 7.29. The molecule has 0 spiro atoms. The summed E-state index contributed by atoms with van der Waals surface area (Å²) in [5, 5.41) is 2.77. The molecule has 2 rings (SSSR count). The molecule has 0 aliphatic rings. The highest BCUT2D eigenvalue weighted by Crippen LogP contribution is 2.18. The van der Waals surface area contributed by atoms with E-state index in [9.17, 15) is 9.18 Å². The van der Waals surface area contributed by atoms with Gasteiger partial charge in [0.2, 0.25) is 0 Å². The molecule has 0 heterocycles. The third-order valence-corrected chi connectivity index (χ3v) is 3.73. The largest absolute Gasteiger partial charge is 0.389 e. The zero-order chi connectivity index (χ0) is 15.4. The van der Waals surface area contributed by atoms with Gasteiger partial charge in [0.25, 0.3) is 5.91 Å². The topological polar surface area (TPSA) is 55.1 Å². The third kappa shape index (κ3) is 4.09. The van der Waals surface area contributed by atoms with Crippen molar-refractivity contribution < 1.29 is 9.18 Å². The molecule has 3 nitrogen and oxygen atoms in total. The van der Waals surface area contributed by atoms with Crippen LogP contribution >= 0.6 is 28.1 Å². The molecule has 2 aromatic rings. The maximum absolute atomic E-state index is 13.0.